The van der Waals surface area contributed by atoms with E-state index in [1.165, 1.54) is 23.5 Å². The molecule has 2 saturated heterocycles. The van der Waals surface area contributed by atoms with E-state index in [0.717, 1.165) is 32.0 Å². The molecule has 27 heavy (non-hydrogen) atoms. The fraction of sp³-hybridized carbons (Fsp3) is 0.632. The summed E-state index contributed by atoms with van der Waals surface area (Å²) in [4.78, 5) is 14.6. The number of rotatable bonds is 4. The largest absolute Gasteiger partial charge is 0.494 e. The van der Waals surface area contributed by atoms with Crippen LogP contribution in [0.25, 0.3) is 0 Å². The second-order valence-corrected chi connectivity index (χ2v) is 9.44. The molecule has 3 rings (SSSR count). The molecule has 0 spiro atoms. The van der Waals surface area contributed by atoms with Gasteiger partial charge in [0.15, 0.2) is 11.6 Å². The van der Waals surface area contributed by atoms with E-state index < -0.39 is 15.8 Å². The minimum absolute atomic E-state index is 0.0000229. The SMILES string of the molecule is COc1ccc(S(=O)(=O)N2CCCC(C(=O)N3CCC(C)CC3)C2)cc1F. The molecule has 0 saturated carbocycles. The number of sulfonamides is 1. The van der Waals surface area contributed by atoms with Crippen LogP contribution in [-0.4, -0.2) is 56.8 Å². The monoisotopic (exact) mass is 398 g/mol. The van der Waals surface area contributed by atoms with Crippen LogP contribution in [0.3, 0.4) is 0 Å². The van der Waals surface area contributed by atoms with Crippen LogP contribution in [0.15, 0.2) is 23.1 Å². The van der Waals surface area contributed by atoms with E-state index in [-0.39, 0.29) is 29.0 Å². The highest BCUT2D eigenvalue weighted by atomic mass is 32.2. The third kappa shape index (κ3) is 4.27. The maximum atomic E-state index is 14.0. The molecule has 2 heterocycles. The zero-order valence-corrected chi connectivity index (χ0v) is 16.7. The highest BCUT2D eigenvalue weighted by Crippen LogP contribution is 2.28. The van der Waals surface area contributed by atoms with Gasteiger partial charge in [-0.3, -0.25) is 4.79 Å². The average Bonchev–Trinajstić information content (AvgIpc) is 2.68. The van der Waals surface area contributed by atoms with Gasteiger partial charge in [0.1, 0.15) is 0 Å². The molecule has 1 aromatic rings. The first-order valence-electron chi connectivity index (χ1n) is 9.45. The zero-order valence-electron chi connectivity index (χ0n) is 15.9. The van der Waals surface area contributed by atoms with Gasteiger partial charge in [0.05, 0.1) is 17.9 Å². The van der Waals surface area contributed by atoms with E-state index in [0.29, 0.717) is 25.3 Å². The Morgan fingerprint density at radius 2 is 1.89 bits per heavy atom. The second kappa shape index (κ2) is 8.14. The van der Waals surface area contributed by atoms with Gasteiger partial charge >= 0.3 is 0 Å². The number of amides is 1. The predicted molar refractivity (Wildman–Crippen MR) is 99.4 cm³/mol. The number of ether oxygens (including phenoxy) is 1. The fourth-order valence-corrected chi connectivity index (χ4v) is 5.34. The van der Waals surface area contributed by atoms with Gasteiger partial charge in [-0.1, -0.05) is 6.92 Å². The summed E-state index contributed by atoms with van der Waals surface area (Å²) in [6, 6.07) is 3.63. The van der Waals surface area contributed by atoms with Crippen molar-refractivity contribution in [3.05, 3.63) is 24.0 Å². The molecule has 0 bridgehead atoms. The lowest BCUT2D eigenvalue weighted by molar-refractivity contribution is -0.138. The van der Waals surface area contributed by atoms with E-state index in [9.17, 15) is 17.6 Å². The number of piperidine rings is 2. The van der Waals surface area contributed by atoms with Gasteiger partial charge in [0.2, 0.25) is 15.9 Å². The molecule has 1 aromatic carbocycles. The Kier molecular flexibility index (Phi) is 6.05. The van der Waals surface area contributed by atoms with E-state index in [1.807, 2.05) is 4.90 Å². The standard InChI is InChI=1S/C19H27FN2O4S/c1-14-7-10-21(11-8-14)19(23)15-4-3-9-22(13-15)27(24,25)16-5-6-18(26-2)17(20)12-16/h5-6,12,14-15H,3-4,7-11,13H2,1-2H3. The first-order chi connectivity index (χ1) is 12.8. The summed E-state index contributed by atoms with van der Waals surface area (Å²) in [6.07, 6.45) is 3.30. The number of carbonyl (C=O) groups excluding carboxylic acids is 1. The molecule has 0 radical (unpaired) electrons. The average molecular weight is 399 g/mol. The van der Waals surface area contributed by atoms with E-state index in [4.69, 9.17) is 4.74 Å². The summed E-state index contributed by atoms with van der Waals surface area (Å²) in [6.45, 7) is 4.17. The topological polar surface area (TPSA) is 66.9 Å². The van der Waals surface area contributed by atoms with Crippen LogP contribution in [0.2, 0.25) is 0 Å². The lowest BCUT2D eigenvalue weighted by Crippen LogP contribution is -2.48. The molecule has 2 fully saturated rings. The van der Waals surface area contributed by atoms with E-state index >= 15 is 0 Å². The highest BCUT2D eigenvalue weighted by Gasteiger charge is 2.36. The number of carbonyl (C=O) groups is 1. The molecule has 0 N–H and O–H groups in total. The molecule has 2 aliphatic rings. The van der Waals surface area contributed by atoms with Crippen molar-refractivity contribution < 1.29 is 22.3 Å². The van der Waals surface area contributed by atoms with E-state index in [2.05, 4.69) is 6.92 Å². The summed E-state index contributed by atoms with van der Waals surface area (Å²) in [5, 5.41) is 0. The molecule has 6 nitrogen and oxygen atoms in total. The summed E-state index contributed by atoms with van der Waals surface area (Å²) >= 11 is 0. The Morgan fingerprint density at radius 3 is 2.52 bits per heavy atom. The third-order valence-corrected chi connectivity index (χ3v) is 7.45. The first-order valence-corrected chi connectivity index (χ1v) is 10.9. The maximum Gasteiger partial charge on any atom is 0.243 e. The Labute approximate surface area is 160 Å². The fourth-order valence-electron chi connectivity index (χ4n) is 3.81. The zero-order chi connectivity index (χ0) is 19.6. The lowest BCUT2D eigenvalue weighted by Gasteiger charge is -2.36. The van der Waals surface area contributed by atoms with Crippen LogP contribution in [0, 0.1) is 17.7 Å². The van der Waals surface area contributed by atoms with Crippen molar-refractivity contribution in [3.63, 3.8) is 0 Å². The summed E-state index contributed by atoms with van der Waals surface area (Å²) in [7, 11) is -2.52. The normalized spacial score (nSPS) is 22.6. The van der Waals surface area contributed by atoms with E-state index in [1.54, 1.807) is 0 Å². The van der Waals surface area contributed by atoms with Crippen LogP contribution < -0.4 is 4.74 Å². The molecular weight excluding hydrogens is 371 g/mol. The Bertz CT molecular complexity index is 791. The van der Waals surface area contributed by atoms with Crippen molar-refractivity contribution in [1.82, 2.24) is 9.21 Å². The number of halogens is 1. The minimum Gasteiger partial charge on any atom is -0.494 e. The quantitative estimate of drug-likeness (QED) is 0.782. The molecule has 8 heteroatoms. The molecule has 0 aromatic heterocycles. The smallest absolute Gasteiger partial charge is 0.243 e. The number of methoxy groups -OCH3 is 1. The Morgan fingerprint density at radius 1 is 1.19 bits per heavy atom. The summed E-state index contributed by atoms with van der Waals surface area (Å²) in [5.41, 5.74) is 0. The van der Waals surface area contributed by atoms with Gasteiger partial charge in [0.25, 0.3) is 0 Å². The lowest BCUT2D eigenvalue weighted by atomic mass is 9.94. The van der Waals surface area contributed by atoms with Gasteiger partial charge in [-0.2, -0.15) is 4.31 Å². The van der Waals surface area contributed by atoms with Crippen molar-refractivity contribution in [2.45, 2.75) is 37.5 Å². The van der Waals surface area contributed by atoms with Crippen LogP contribution in [-0.2, 0) is 14.8 Å². The Balaban J connectivity index is 1.73. The van der Waals surface area contributed by atoms with Crippen molar-refractivity contribution >= 4 is 15.9 Å². The summed E-state index contributed by atoms with van der Waals surface area (Å²) < 4.78 is 46.0. The predicted octanol–water partition coefficient (Wildman–Crippen LogP) is 2.49. The van der Waals surface area contributed by atoms with Gasteiger partial charge < -0.3 is 9.64 Å². The molecular formula is C19H27FN2O4S. The van der Waals surface area contributed by atoms with Crippen molar-refractivity contribution in [3.8, 4) is 5.75 Å². The summed E-state index contributed by atoms with van der Waals surface area (Å²) in [5.74, 6) is -0.374. The number of hydrogen-bond acceptors (Lipinski definition) is 4. The number of likely N-dealkylation sites (tertiary alicyclic amines) is 1. The number of hydrogen-bond donors (Lipinski definition) is 0. The van der Waals surface area contributed by atoms with Crippen molar-refractivity contribution in [2.75, 3.05) is 33.3 Å². The number of nitrogens with zero attached hydrogens (tertiary/aromatic N) is 2. The van der Waals surface area contributed by atoms with Crippen LogP contribution in [0.4, 0.5) is 4.39 Å². The molecule has 1 atom stereocenters. The van der Waals surface area contributed by atoms with Gasteiger partial charge in [0, 0.05) is 26.2 Å². The van der Waals surface area contributed by atoms with Gasteiger partial charge in [-0.15, -0.1) is 0 Å². The second-order valence-electron chi connectivity index (χ2n) is 7.51. The molecule has 1 unspecified atom stereocenters. The Hall–Kier alpha value is -1.67. The van der Waals surface area contributed by atoms with Crippen molar-refractivity contribution in [2.24, 2.45) is 11.8 Å². The molecule has 0 aliphatic carbocycles. The van der Waals surface area contributed by atoms with Crippen molar-refractivity contribution in [1.29, 1.82) is 0 Å². The maximum absolute atomic E-state index is 14.0. The third-order valence-electron chi connectivity index (χ3n) is 5.59. The van der Waals surface area contributed by atoms with Crippen LogP contribution in [0.1, 0.15) is 32.6 Å². The molecule has 150 valence electrons. The molecule has 2 aliphatic heterocycles. The molecule has 1 amide bonds. The minimum atomic E-state index is -3.85. The van der Waals surface area contributed by atoms with Crippen LogP contribution in [0.5, 0.6) is 5.75 Å². The first kappa shape index (κ1) is 20.1. The number of benzene rings is 1. The highest BCUT2D eigenvalue weighted by molar-refractivity contribution is 7.89. The van der Waals surface area contributed by atoms with Gasteiger partial charge in [-0.25, -0.2) is 12.8 Å². The van der Waals surface area contributed by atoms with Gasteiger partial charge in [-0.05, 0) is 49.8 Å². The van der Waals surface area contributed by atoms with Crippen LogP contribution >= 0.6 is 0 Å².